The van der Waals surface area contributed by atoms with E-state index in [0.717, 1.165) is 17.8 Å². The molecule has 0 aliphatic carbocycles. The van der Waals surface area contributed by atoms with Crippen LogP contribution in [0.1, 0.15) is 24.2 Å². The fourth-order valence-electron chi connectivity index (χ4n) is 2.39. The van der Waals surface area contributed by atoms with Crippen molar-refractivity contribution in [1.82, 2.24) is 0 Å². The fraction of sp³-hybridized carbons (Fsp3) is 0.500. The molecule has 1 aromatic carbocycles. The summed E-state index contributed by atoms with van der Waals surface area (Å²) in [5.74, 6) is 0.0605. The van der Waals surface area contributed by atoms with E-state index in [1.165, 1.54) is 0 Å². The molecule has 0 radical (unpaired) electrons. The van der Waals surface area contributed by atoms with E-state index in [2.05, 4.69) is 4.90 Å². The van der Waals surface area contributed by atoms with Crippen LogP contribution in [0.3, 0.4) is 0 Å². The number of aliphatic hydroxyl groups excluding tert-OH is 1. The maximum atomic E-state index is 11.6. The number of Topliss-reactive ketones (excluding diaryl/α,β-unsaturated/α-hetero) is 1. The zero-order chi connectivity index (χ0) is 13.1. The highest BCUT2D eigenvalue weighted by molar-refractivity contribution is 5.99. The number of ketones is 1. The Morgan fingerprint density at radius 1 is 1.44 bits per heavy atom. The number of nitrogens with zero attached hydrogens (tertiary/aromatic N) is 1. The molecule has 1 fully saturated rings. The second-order valence-electron chi connectivity index (χ2n) is 4.73. The van der Waals surface area contributed by atoms with Crippen LogP contribution in [0.15, 0.2) is 24.3 Å². The Balaban J connectivity index is 2.27. The van der Waals surface area contributed by atoms with Gasteiger partial charge in [-0.05, 0) is 26.0 Å². The van der Waals surface area contributed by atoms with Gasteiger partial charge in [0.05, 0.1) is 18.8 Å². The quantitative estimate of drug-likeness (QED) is 0.824. The lowest BCUT2D eigenvalue weighted by Crippen LogP contribution is -2.48. The number of benzene rings is 1. The summed E-state index contributed by atoms with van der Waals surface area (Å²) in [6, 6.07) is 7.58. The van der Waals surface area contributed by atoms with Gasteiger partial charge in [-0.2, -0.15) is 0 Å². The van der Waals surface area contributed by atoms with Gasteiger partial charge in [0.15, 0.2) is 5.78 Å². The van der Waals surface area contributed by atoms with Crippen molar-refractivity contribution in [2.45, 2.75) is 26.1 Å². The van der Waals surface area contributed by atoms with E-state index >= 15 is 0 Å². The maximum absolute atomic E-state index is 11.6. The van der Waals surface area contributed by atoms with Crippen LogP contribution in [0.4, 0.5) is 5.69 Å². The van der Waals surface area contributed by atoms with Gasteiger partial charge in [0.1, 0.15) is 0 Å². The van der Waals surface area contributed by atoms with Crippen LogP contribution in [-0.2, 0) is 4.74 Å². The van der Waals surface area contributed by atoms with Gasteiger partial charge < -0.3 is 14.7 Å². The van der Waals surface area contributed by atoms with Crippen LogP contribution in [0.5, 0.6) is 0 Å². The molecular formula is C14H19NO3. The Kier molecular flexibility index (Phi) is 3.99. The molecule has 18 heavy (non-hydrogen) atoms. The molecule has 1 aliphatic rings. The third kappa shape index (κ3) is 2.71. The average Bonchev–Trinajstić information content (AvgIpc) is 2.38. The summed E-state index contributed by atoms with van der Waals surface area (Å²) in [6.45, 7) is 4.91. The smallest absolute Gasteiger partial charge is 0.161 e. The minimum absolute atomic E-state index is 0.00305. The number of hydrogen-bond donors (Lipinski definition) is 1. The minimum atomic E-state index is -0.186. The van der Waals surface area contributed by atoms with Gasteiger partial charge in [0, 0.05) is 24.3 Å². The molecule has 0 bridgehead atoms. The van der Waals surface area contributed by atoms with Crippen molar-refractivity contribution < 1.29 is 14.6 Å². The summed E-state index contributed by atoms with van der Waals surface area (Å²) in [6.07, 6.45) is -0.135. The first kappa shape index (κ1) is 13.1. The molecule has 2 atom stereocenters. The molecule has 4 heteroatoms. The van der Waals surface area contributed by atoms with E-state index in [-0.39, 0.29) is 24.6 Å². The number of aliphatic hydroxyl groups is 1. The number of ether oxygens (including phenoxy) is 1. The number of para-hydroxylation sites is 1. The number of carbonyl (C=O) groups excluding carboxylic acids is 1. The van der Waals surface area contributed by atoms with Crippen LogP contribution < -0.4 is 4.90 Å². The van der Waals surface area contributed by atoms with Gasteiger partial charge >= 0.3 is 0 Å². The Bertz CT molecular complexity index is 433. The first-order chi connectivity index (χ1) is 8.61. The zero-order valence-corrected chi connectivity index (χ0v) is 10.8. The second kappa shape index (κ2) is 5.50. The molecule has 1 aromatic rings. The van der Waals surface area contributed by atoms with E-state index in [1.807, 2.05) is 31.2 Å². The van der Waals surface area contributed by atoms with Crippen molar-refractivity contribution >= 4 is 11.5 Å². The normalized spacial score (nSPS) is 24.1. The Morgan fingerprint density at radius 3 is 2.83 bits per heavy atom. The standard InChI is InChI=1S/C14H19NO3/c1-10-7-15(8-12(9-16)18-10)14-6-4-3-5-13(14)11(2)17/h3-6,10,12,16H,7-9H2,1-2H3. The van der Waals surface area contributed by atoms with Crippen molar-refractivity contribution in [2.24, 2.45) is 0 Å². The third-order valence-electron chi connectivity index (χ3n) is 3.15. The number of anilines is 1. The topological polar surface area (TPSA) is 49.8 Å². The summed E-state index contributed by atoms with van der Waals surface area (Å²) in [4.78, 5) is 13.8. The van der Waals surface area contributed by atoms with Crippen molar-refractivity contribution in [3.8, 4) is 0 Å². The van der Waals surface area contributed by atoms with Gasteiger partial charge in [0.2, 0.25) is 0 Å². The molecule has 0 amide bonds. The second-order valence-corrected chi connectivity index (χ2v) is 4.73. The highest BCUT2D eigenvalue weighted by Crippen LogP contribution is 2.24. The van der Waals surface area contributed by atoms with E-state index in [0.29, 0.717) is 6.54 Å². The van der Waals surface area contributed by atoms with Crippen LogP contribution in [-0.4, -0.2) is 42.8 Å². The number of morpholine rings is 1. The Morgan fingerprint density at radius 2 is 2.17 bits per heavy atom. The molecule has 1 aliphatic heterocycles. The van der Waals surface area contributed by atoms with Crippen LogP contribution in [0, 0.1) is 0 Å². The van der Waals surface area contributed by atoms with Crippen molar-refractivity contribution in [3.63, 3.8) is 0 Å². The monoisotopic (exact) mass is 249 g/mol. The molecule has 1 N–H and O–H groups in total. The molecule has 0 aromatic heterocycles. The lowest BCUT2D eigenvalue weighted by atomic mass is 10.1. The van der Waals surface area contributed by atoms with Crippen molar-refractivity contribution in [1.29, 1.82) is 0 Å². The third-order valence-corrected chi connectivity index (χ3v) is 3.15. The van der Waals surface area contributed by atoms with Gasteiger partial charge in [-0.3, -0.25) is 4.79 Å². The van der Waals surface area contributed by atoms with E-state index in [9.17, 15) is 9.90 Å². The molecule has 4 nitrogen and oxygen atoms in total. The molecule has 0 spiro atoms. The zero-order valence-electron chi connectivity index (χ0n) is 10.8. The van der Waals surface area contributed by atoms with E-state index in [1.54, 1.807) is 6.92 Å². The van der Waals surface area contributed by atoms with Gasteiger partial charge in [-0.1, -0.05) is 12.1 Å². The molecule has 1 heterocycles. The highest BCUT2D eigenvalue weighted by atomic mass is 16.5. The molecule has 0 saturated carbocycles. The first-order valence-electron chi connectivity index (χ1n) is 6.23. The number of hydrogen-bond acceptors (Lipinski definition) is 4. The van der Waals surface area contributed by atoms with Crippen molar-refractivity contribution in [2.75, 3.05) is 24.6 Å². The summed E-state index contributed by atoms with van der Waals surface area (Å²) >= 11 is 0. The van der Waals surface area contributed by atoms with Gasteiger partial charge in [-0.25, -0.2) is 0 Å². The summed E-state index contributed by atoms with van der Waals surface area (Å²) in [5.41, 5.74) is 1.65. The highest BCUT2D eigenvalue weighted by Gasteiger charge is 2.26. The Hall–Kier alpha value is -1.39. The first-order valence-corrected chi connectivity index (χ1v) is 6.23. The molecule has 1 saturated heterocycles. The van der Waals surface area contributed by atoms with Crippen molar-refractivity contribution in [3.05, 3.63) is 29.8 Å². The molecule has 98 valence electrons. The molecule has 2 rings (SSSR count). The van der Waals surface area contributed by atoms with Crippen LogP contribution in [0.25, 0.3) is 0 Å². The van der Waals surface area contributed by atoms with Gasteiger partial charge in [0.25, 0.3) is 0 Å². The number of rotatable bonds is 3. The summed E-state index contributed by atoms with van der Waals surface area (Å²) in [7, 11) is 0. The predicted octanol–water partition coefficient (Wildman–Crippen LogP) is 1.48. The summed E-state index contributed by atoms with van der Waals surface area (Å²) < 4.78 is 5.61. The lowest BCUT2D eigenvalue weighted by molar-refractivity contribution is -0.0421. The SMILES string of the molecule is CC(=O)c1ccccc1N1CC(C)OC(CO)C1. The van der Waals surface area contributed by atoms with Crippen LogP contribution >= 0.6 is 0 Å². The molecule has 2 unspecified atom stereocenters. The van der Waals surface area contributed by atoms with Gasteiger partial charge in [-0.15, -0.1) is 0 Å². The lowest BCUT2D eigenvalue weighted by Gasteiger charge is -2.38. The Labute approximate surface area is 107 Å². The van der Waals surface area contributed by atoms with E-state index in [4.69, 9.17) is 4.74 Å². The summed E-state index contributed by atoms with van der Waals surface area (Å²) in [5, 5.41) is 9.23. The van der Waals surface area contributed by atoms with Crippen LogP contribution in [0.2, 0.25) is 0 Å². The average molecular weight is 249 g/mol. The molecular weight excluding hydrogens is 230 g/mol. The minimum Gasteiger partial charge on any atom is -0.394 e. The fourth-order valence-corrected chi connectivity index (χ4v) is 2.39. The van der Waals surface area contributed by atoms with E-state index < -0.39 is 0 Å². The number of carbonyl (C=O) groups is 1. The largest absolute Gasteiger partial charge is 0.394 e. The maximum Gasteiger partial charge on any atom is 0.161 e. The predicted molar refractivity (Wildman–Crippen MR) is 70.1 cm³/mol.